The number of primary amides is 1. The molecular formula is C14H20N4O3. The van der Waals surface area contributed by atoms with Crippen LogP contribution in [0.5, 0.6) is 0 Å². The van der Waals surface area contributed by atoms with Crippen LogP contribution >= 0.6 is 0 Å². The standard InChI is InChI=1S/C14H20N4O3/c1-17-6-2-4-11(17)13(19)16-9-8-18(14(15)20)10-5-3-7-21-12(9)10/h2,4,6,9-10,12H,3,5,7-8H2,1H3,(H2,15,20)(H,16,19)/t9-,10+,12+/m0/s1. The van der Waals surface area contributed by atoms with Gasteiger partial charge in [-0.25, -0.2) is 4.79 Å². The minimum Gasteiger partial charge on any atom is -0.374 e. The number of amides is 3. The second-order valence-corrected chi connectivity index (χ2v) is 5.62. The predicted molar refractivity (Wildman–Crippen MR) is 75.7 cm³/mol. The molecule has 2 fully saturated rings. The molecule has 2 aliphatic rings. The van der Waals surface area contributed by atoms with Gasteiger partial charge in [-0.1, -0.05) is 0 Å². The van der Waals surface area contributed by atoms with Crippen LogP contribution in [0.4, 0.5) is 4.79 Å². The monoisotopic (exact) mass is 292 g/mol. The largest absolute Gasteiger partial charge is 0.374 e. The van der Waals surface area contributed by atoms with E-state index in [9.17, 15) is 9.59 Å². The minimum absolute atomic E-state index is 0.0324. The van der Waals surface area contributed by atoms with Gasteiger partial charge in [0, 0.05) is 26.4 Å². The van der Waals surface area contributed by atoms with Gasteiger partial charge in [-0.3, -0.25) is 4.79 Å². The first-order valence-corrected chi connectivity index (χ1v) is 7.18. The Hall–Kier alpha value is -2.02. The van der Waals surface area contributed by atoms with Gasteiger partial charge in [0.1, 0.15) is 5.69 Å². The van der Waals surface area contributed by atoms with E-state index in [1.54, 1.807) is 15.5 Å². The summed E-state index contributed by atoms with van der Waals surface area (Å²) in [5.41, 5.74) is 6.01. The number of carbonyl (C=O) groups excluding carboxylic acids is 2. The molecule has 3 atom stereocenters. The Balaban J connectivity index is 1.74. The van der Waals surface area contributed by atoms with Crippen LogP contribution < -0.4 is 11.1 Å². The van der Waals surface area contributed by atoms with Crippen LogP contribution in [-0.4, -0.2) is 52.7 Å². The smallest absolute Gasteiger partial charge is 0.315 e. The summed E-state index contributed by atoms with van der Waals surface area (Å²) >= 11 is 0. The molecule has 3 rings (SSSR count). The zero-order valence-electron chi connectivity index (χ0n) is 12.0. The molecule has 2 saturated heterocycles. The number of hydrogen-bond acceptors (Lipinski definition) is 3. The molecule has 0 radical (unpaired) electrons. The lowest BCUT2D eigenvalue weighted by Gasteiger charge is -2.31. The second kappa shape index (κ2) is 5.40. The molecule has 3 N–H and O–H groups in total. The highest BCUT2D eigenvalue weighted by Crippen LogP contribution is 2.28. The number of ether oxygens (including phenoxy) is 1. The maximum absolute atomic E-state index is 12.3. The van der Waals surface area contributed by atoms with Crippen LogP contribution in [-0.2, 0) is 11.8 Å². The summed E-state index contributed by atoms with van der Waals surface area (Å²) in [5.74, 6) is -0.160. The van der Waals surface area contributed by atoms with Gasteiger partial charge < -0.3 is 25.3 Å². The quantitative estimate of drug-likeness (QED) is 0.808. The Kier molecular flexibility index (Phi) is 3.59. The van der Waals surface area contributed by atoms with E-state index in [1.807, 2.05) is 19.3 Å². The average molecular weight is 292 g/mol. The molecule has 7 nitrogen and oxygen atoms in total. The number of hydrogen-bond donors (Lipinski definition) is 2. The third kappa shape index (κ3) is 2.49. The van der Waals surface area contributed by atoms with Gasteiger partial charge in [-0.2, -0.15) is 0 Å². The fourth-order valence-corrected chi connectivity index (χ4v) is 3.28. The lowest BCUT2D eigenvalue weighted by Crippen LogP contribution is -2.48. The highest BCUT2D eigenvalue weighted by molar-refractivity contribution is 5.93. The zero-order chi connectivity index (χ0) is 15.0. The van der Waals surface area contributed by atoms with Gasteiger partial charge in [0.15, 0.2) is 0 Å². The van der Waals surface area contributed by atoms with Crippen LogP contribution in [0.25, 0.3) is 0 Å². The number of nitrogens with zero attached hydrogens (tertiary/aromatic N) is 2. The van der Waals surface area contributed by atoms with Crippen LogP contribution in [0, 0.1) is 0 Å². The molecular weight excluding hydrogens is 272 g/mol. The SMILES string of the molecule is Cn1cccc1C(=O)N[C@H]1CN(C(N)=O)[C@@H]2CCCO[C@H]12. The number of carbonyl (C=O) groups is 2. The Morgan fingerprint density at radius 1 is 1.48 bits per heavy atom. The number of nitrogens with one attached hydrogen (secondary N) is 1. The molecule has 3 heterocycles. The summed E-state index contributed by atoms with van der Waals surface area (Å²) in [6, 6.07) is 2.88. The third-order valence-corrected chi connectivity index (χ3v) is 4.30. The molecule has 114 valence electrons. The van der Waals surface area contributed by atoms with Gasteiger partial charge in [0.05, 0.1) is 18.2 Å². The van der Waals surface area contributed by atoms with Gasteiger partial charge >= 0.3 is 6.03 Å². The number of fused-ring (bicyclic) bond motifs is 1. The van der Waals surface area contributed by atoms with Crippen molar-refractivity contribution in [2.45, 2.75) is 31.0 Å². The van der Waals surface area contributed by atoms with Gasteiger partial charge in [0.2, 0.25) is 0 Å². The van der Waals surface area contributed by atoms with Crippen molar-refractivity contribution < 1.29 is 14.3 Å². The van der Waals surface area contributed by atoms with Gasteiger partial charge in [-0.15, -0.1) is 0 Å². The van der Waals surface area contributed by atoms with E-state index < -0.39 is 6.03 Å². The fraction of sp³-hybridized carbons (Fsp3) is 0.571. The Morgan fingerprint density at radius 3 is 2.95 bits per heavy atom. The average Bonchev–Trinajstić information content (AvgIpc) is 3.03. The van der Waals surface area contributed by atoms with Crippen LogP contribution in [0.3, 0.4) is 0 Å². The Bertz CT molecular complexity index is 556. The number of urea groups is 1. The molecule has 0 aliphatic carbocycles. The second-order valence-electron chi connectivity index (χ2n) is 5.62. The van der Waals surface area contributed by atoms with Crippen LogP contribution in [0.2, 0.25) is 0 Å². The van der Waals surface area contributed by atoms with E-state index in [0.29, 0.717) is 18.8 Å². The Morgan fingerprint density at radius 2 is 2.29 bits per heavy atom. The molecule has 0 aromatic carbocycles. The molecule has 1 aromatic rings. The summed E-state index contributed by atoms with van der Waals surface area (Å²) in [6.07, 6.45) is 3.42. The van der Waals surface area contributed by atoms with Crippen molar-refractivity contribution in [1.82, 2.24) is 14.8 Å². The van der Waals surface area contributed by atoms with Crippen molar-refractivity contribution in [3.63, 3.8) is 0 Å². The van der Waals surface area contributed by atoms with Crippen molar-refractivity contribution in [3.05, 3.63) is 24.0 Å². The fourth-order valence-electron chi connectivity index (χ4n) is 3.28. The number of likely N-dealkylation sites (tertiary alicyclic amines) is 1. The van der Waals surface area contributed by atoms with Crippen molar-refractivity contribution in [2.75, 3.05) is 13.2 Å². The number of rotatable bonds is 2. The van der Waals surface area contributed by atoms with Crippen LogP contribution in [0.1, 0.15) is 23.3 Å². The lowest BCUT2D eigenvalue weighted by atomic mass is 10.0. The van der Waals surface area contributed by atoms with Crippen molar-refractivity contribution in [2.24, 2.45) is 12.8 Å². The van der Waals surface area contributed by atoms with E-state index >= 15 is 0 Å². The molecule has 0 unspecified atom stereocenters. The van der Waals surface area contributed by atoms with E-state index in [-0.39, 0.29) is 24.1 Å². The van der Waals surface area contributed by atoms with E-state index in [4.69, 9.17) is 10.5 Å². The van der Waals surface area contributed by atoms with E-state index in [0.717, 1.165) is 12.8 Å². The first-order chi connectivity index (χ1) is 10.1. The summed E-state index contributed by atoms with van der Waals surface area (Å²) in [7, 11) is 1.82. The van der Waals surface area contributed by atoms with Gasteiger partial charge in [0.25, 0.3) is 5.91 Å². The molecule has 0 bridgehead atoms. The molecule has 7 heteroatoms. The predicted octanol–water partition coefficient (Wildman–Crippen LogP) is 0.0654. The first kappa shape index (κ1) is 13.9. The maximum atomic E-state index is 12.3. The van der Waals surface area contributed by atoms with E-state index in [2.05, 4.69) is 5.32 Å². The summed E-state index contributed by atoms with van der Waals surface area (Å²) < 4.78 is 7.53. The lowest BCUT2D eigenvalue weighted by molar-refractivity contribution is -0.0141. The molecule has 0 saturated carbocycles. The summed E-state index contributed by atoms with van der Waals surface area (Å²) in [6.45, 7) is 1.06. The first-order valence-electron chi connectivity index (χ1n) is 7.18. The van der Waals surface area contributed by atoms with Crippen LogP contribution in [0.15, 0.2) is 18.3 Å². The highest BCUT2D eigenvalue weighted by Gasteiger charge is 2.46. The third-order valence-electron chi connectivity index (χ3n) is 4.30. The normalized spacial score (nSPS) is 28.2. The topological polar surface area (TPSA) is 89.6 Å². The molecule has 21 heavy (non-hydrogen) atoms. The zero-order valence-corrected chi connectivity index (χ0v) is 12.0. The molecule has 2 aliphatic heterocycles. The van der Waals surface area contributed by atoms with Crippen molar-refractivity contribution in [3.8, 4) is 0 Å². The van der Waals surface area contributed by atoms with Gasteiger partial charge in [-0.05, 0) is 25.0 Å². The maximum Gasteiger partial charge on any atom is 0.315 e. The number of aromatic nitrogens is 1. The summed E-state index contributed by atoms with van der Waals surface area (Å²) in [5, 5.41) is 2.97. The van der Waals surface area contributed by atoms with Crippen molar-refractivity contribution >= 4 is 11.9 Å². The summed E-state index contributed by atoms with van der Waals surface area (Å²) in [4.78, 5) is 25.5. The highest BCUT2D eigenvalue weighted by atomic mass is 16.5. The molecule has 3 amide bonds. The van der Waals surface area contributed by atoms with Crippen molar-refractivity contribution in [1.29, 1.82) is 0 Å². The molecule has 0 spiro atoms. The number of nitrogens with two attached hydrogens (primary N) is 1. The number of aryl methyl sites for hydroxylation is 1. The minimum atomic E-state index is -0.453. The van der Waals surface area contributed by atoms with E-state index in [1.165, 1.54) is 0 Å². The molecule has 1 aromatic heterocycles. The Labute approximate surface area is 123 Å².